The Labute approximate surface area is 188 Å². The number of sulfone groups is 1. The summed E-state index contributed by atoms with van der Waals surface area (Å²) in [4.78, 5) is 10.3. The van der Waals surface area contributed by atoms with Gasteiger partial charge in [0.1, 0.15) is 6.23 Å². The zero-order valence-electron chi connectivity index (χ0n) is 17.1. The molecule has 0 aliphatic carbocycles. The highest BCUT2D eigenvalue weighted by atomic mass is 32.2. The van der Waals surface area contributed by atoms with Crippen LogP contribution in [0, 0.1) is 13.8 Å². The van der Waals surface area contributed by atoms with Crippen LogP contribution in [0.1, 0.15) is 10.7 Å². The summed E-state index contributed by atoms with van der Waals surface area (Å²) in [7, 11) is -3.29. The van der Waals surface area contributed by atoms with Gasteiger partial charge in [0.25, 0.3) is 0 Å². The number of benzene rings is 1. The Morgan fingerprint density at radius 2 is 2.03 bits per heavy atom. The van der Waals surface area contributed by atoms with Gasteiger partial charge in [-0.15, -0.1) is 22.7 Å². The molecule has 0 saturated carbocycles. The number of aryl methyl sites for hydroxylation is 2. The second kappa shape index (κ2) is 8.50. The topological polar surface area (TPSA) is 110 Å². The molecule has 1 unspecified atom stereocenters. The van der Waals surface area contributed by atoms with Crippen LogP contribution in [0.25, 0.3) is 21.7 Å². The summed E-state index contributed by atoms with van der Waals surface area (Å²) in [5.74, 6) is 0. The van der Waals surface area contributed by atoms with E-state index in [0.29, 0.717) is 5.13 Å². The highest BCUT2D eigenvalue weighted by Gasteiger charge is 2.14. The molecule has 0 amide bonds. The van der Waals surface area contributed by atoms with Crippen molar-refractivity contribution >= 4 is 37.6 Å². The van der Waals surface area contributed by atoms with E-state index in [2.05, 4.69) is 20.4 Å². The maximum Gasteiger partial charge on any atom is 0.185 e. The summed E-state index contributed by atoms with van der Waals surface area (Å²) in [6, 6.07) is 6.71. The summed E-state index contributed by atoms with van der Waals surface area (Å²) in [6.07, 6.45) is 3.70. The fraction of sp³-hybridized carbons (Fsp3) is 0.250. The summed E-state index contributed by atoms with van der Waals surface area (Å²) in [5.41, 5.74) is 3.31. The average Bonchev–Trinajstić information content (AvgIpc) is 3.42. The van der Waals surface area contributed by atoms with Crippen molar-refractivity contribution < 1.29 is 13.5 Å². The largest absolute Gasteiger partial charge is 0.372 e. The number of nitrogens with one attached hydrogen (secondary N) is 1. The quantitative estimate of drug-likeness (QED) is 0.393. The van der Waals surface area contributed by atoms with Gasteiger partial charge in [0, 0.05) is 23.4 Å². The molecule has 3 aromatic heterocycles. The zero-order valence-corrected chi connectivity index (χ0v) is 19.6. The first-order chi connectivity index (χ1) is 14.7. The van der Waals surface area contributed by atoms with Crippen LogP contribution in [0.3, 0.4) is 0 Å². The average molecular weight is 476 g/mol. The number of rotatable bonds is 7. The number of aliphatic hydroxyl groups excluding tert-OH is 1. The van der Waals surface area contributed by atoms with Gasteiger partial charge in [-0.25, -0.2) is 18.4 Å². The standard InChI is InChI=1S/C20H21N5O3S3/c1-12-19(30-13(2)22-12)17-11-29-20(23-17)24-18(26)10-25-9-15(8-21-25)14-5-4-6-16(7-14)31(3,27)28/h4-9,11,18,26H,10H2,1-3H3,(H,23,24). The Bertz CT molecular complexity index is 1320. The molecule has 1 atom stereocenters. The van der Waals surface area contributed by atoms with Crippen molar-refractivity contribution in [3.05, 3.63) is 52.7 Å². The van der Waals surface area contributed by atoms with Gasteiger partial charge in [-0.1, -0.05) is 12.1 Å². The molecular formula is C20H21N5O3S3. The highest BCUT2D eigenvalue weighted by molar-refractivity contribution is 7.90. The fourth-order valence-corrected chi connectivity index (χ4v) is 5.47. The van der Waals surface area contributed by atoms with Gasteiger partial charge in [-0.05, 0) is 31.5 Å². The smallest absolute Gasteiger partial charge is 0.185 e. The van der Waals surface area contributed by atoms with E-state index in [4.69, 9.17) is 0 Å². The van der Waals surface area contributed by atoms with Crippen molar-refractivity contribution in [3.8, 4) is 21.7 Å². The summed E-state index contributed by atoms with van der Waals surface area (Å²) >= 11 is 3.01. The van der Waals surface area contributed by atoms with E-state index in [9.17, 15) is 13.5 Å². The molecule has 4 aromatic rings. The molecule has 11 heteroatoms. The van der Waals surface area contributed by atoms with Crippen molar-refractivity contribution in [2.45, 2.75) is 31.5 Å². The maximum absolute atomic E-state index is 11.8. The predicted molar refractivity (Wildman–Crippen MR) is 123 cm³/mol. The molecule has 0 fully saturated rings. The Morgan fingerprint density at radius 1 is 1.23 bits per heavy atom. The van der Waals surface area contributed by atoms with Gasteiger partial charge in [0.15, 0.2) is 15.0 Å². The van der Waals surface area contributed by atoms with E-state index in [1.165, 1.54) is 17.6 Å². The molecule has 0 aliphatic heterocycles. The van der Waals surface area contributed by atoms with Gasteiger partial charge in [-0.3, -0.25) is 4.68 Å². The SMILES string of the molecule is Cc1nc(C)c(-c2csc(NC(O)Cn3cc(-c4cccc(S(C)(=O)=O)c4)cn3)n2)s1. The molecule has 162 valence electrons. The second-order valence-corrected chi connectivity index (χ2v) is 11.2. The molecular weight excluding hydrogens is 454 g/mol. The molecule has 0 bridgehead atoms. The Kier molecular flexibility index (Phi) is 5.93. The monoisotopic (exact) mass is 475 g/mol. The van der Waals surface area contributed by atoms with Crippen molar-refractivity contribution in [3.63, 3.8) is 0 Å². The number of nitrogens with zero attached hydrogens (tertiary/aromatic N) is 4. The molecule has 0 spiro atoms. The van der Waals surface area contributed by atoms with Crippen molar-refractivity contribution in [1.82, 2.24) is 19.7 Å². The third-order valence-corrected chi connectivity index (χ3v) is 7.50. The zero-order chi connectivity index (χ0) is 22.2. The molecule has 0 aliphatic rings. The van der Waals surface area contributed by atoms with Gasteiger partial charge in [0.2, 0.25) is 0 Å². The number of thiazole rings is 2. The predicted octanol–water partition coefficient (Wildman–Crippen LogP) is 3.58. The third-order valence-electron chi connectivity index (χ3n) is 4.52. The fourth-order valence-electron chi connectivity index (χ4n) is 3.10. The van der Waals surface area contributed by atoms with E-state index in [1.807, 2.05) is 25.3 Å². The summed E-state index contributed by atoms with van der Waals surface area (Å²) in [5, 5.41) is 21.2. The lowest BCUT2D eigenvalue weighted by Gasteiger charge is -2.11. The first-order valence-corrected chi connectivity index (χ1v) is 13.0. The molecule has 1 aromatic carbocycles. The van der Waals surface area contributed by atoms with Crippen LogP contribution in [0.2, 0.25) is 0 Å². The van der Waals surface area contributed by atoms with Crippen LogP contribution in [0.4, 0.5) is 5.13 Å². The van der Waals surface area contributed by atoms with Crippen molar-refractivity contribution in [2.24, 2.45) is 0 Å². The minimum absolute atomic E-state index is 0.208. The van der Waals surface area contributed by atoms with Crippen LogP contribution in [0.15, 0.2) is 46.9 Å². The minimum Gasteiger partial charge on any atom is -0.372 e. The Morgan fingerprint density at radius 3 is 2.74 bits per heavy atom. The second-order valence-electron chi connectivity index (χ2n) is 7.10. The lowest BCUT2D eigenvalue weighted by molar-refractivity contribution is 0.177. The lowest BCUT2D eigenvalue weighted by atomic mass is 10.1. The molecule has 31 heavy (non-hydrogen) atoms. The molecule has 4 rings (SSSR count). The molecule has 8 nitrogen and oxygen atoms in total. The van der Waals surface area contributed by atoms with Gasteiger partial charge >= 0.3 is 0 Å². The third kappa shape index (κ3) is 5.01. The lowest BCUT2D eigenvalue weighted by Crippen LogP contribution is -2.25. The van der Waals surface area contributed by atoms with Crippen LogP contribution in [0.5, 0.6) is 0 Å². The Hall–Kier alpha value is -2.60. The van der Waals surface area contributed by atoms with Gasteiger partial charge in [-0.2, -0.15) is 5.10 Å². The maximum atomic E-state index is 11.8. The molecule has 0 saturated heterocycles. The normalized spacial score (nSPS) is 12.8. The van der Waals surface area contributed by atoms with Crippen LogP contribution < -0.4 is 5.32 Å². The summed E-state index contributed by atoms with van der Waals surface area (Å²) in [6.45, 7) is 4.13. The first-order valence-electron chi connectivity index (χ1n) is 9.36. The Balaban J connectivity index is 1.43. The van der Waals surface area contributed by atoms with Crippen molar-refractivity contribution in [1.29, 1.82) is 0 Å². The van der Waals surface area contributed by atoms with Gasteiger partial charge in [0.05, 0.1) is 38.9 Å². The van der Waals surface area contributed by atoms with Crippen molar-refractivity contribution in [2.75, 3.05) is 11.6 Å². The number of anilines is 1. The number of hydrogen-bond donors (Lipinski definition) is 2. The van der Waals surface area contributed by atoms with E-state index in [0.717, 1.165) is 32.4 Å². The van der Waals surface area contributed by atoms with E-state index in [-0.39, 0.29) is 11.4 Å². The summed E-state index contributed by atoms with van der Waals surface area (Å²) < 4.78 is 25.2. The van der Waals surface area contributed by atoms with Crippen LogP contribution in [-0.2, 0) is 16.4 Å². The van der Waals surface area contributed by atoms with E-state index < -0.39 is 16.1 Å². The molecule has 2 N–H and O–H groups in total. The minimum atomic E-state index is -3.29. The highest BCUT2D eigenvalue weighted by Crippen LogP contribution is 2.32. The number of aromatic nitrogens is 4. The van der Waals surface area contributed by atoms with Crippen LogP contribution >= 0.6 is 22.7 Å². The van der Waals surface area contributed by atoms with E-state index in [1.54, 1.807) is 46.6 Å². The molecule has 3 heterocycles. The molecule has 0 radical (unpaired) electrons. The first kappa shape index (κ1) is 21.6. The van der Waals surface area contributed by atoms with E-state index >= 15 is 0 Å². The number of aliphatic hydroxyl groups is 1. The number of hydrogen-bond acceptors (Lipinski definition) is 9. The van der Waals surface area contributed by atoms with Crippen LogP contribution in [-0.4, -0.2) is 45.8 Å². The van der Waals surface area contributed by atoms with Gasteiger partial charge < -0.3 is 10.4 Å².